The maximum Gasteiger partial charge on any atom is 0.273 e. The van der Waals surface area contributed by atoms with E-state index in [1.165, 1.54) is 19.3 Å². The van der Waals surface area contributed by atoms with Crippen molar-refractivity contribution < 1.29 is 27.6 Å². The van der Waals surface area contributed by atoms with Crippen LogP contribution in [0.5, 0.6) is 5.75 Å². The highest BCUT2D eigenvalue weighted by atomic mass is 16.5. The minimum Gasteiger partial charge on any atom is -0.494 e. The van der Waals surface area contributed by atoms with Gasteiger partial charge in [0, 0.05) is 36.0 Å². The summed E-state index contributed by atoms with van der Waals surface area (Å²) in [6, 6.07) is 6.51. The van der Waals surface area contributed by atoms with E-state index in [0.29, 0.717) is 35.7 Å². The van der Waals surface area contributed by atoms with Crippen LogP contribution in [0.15, 0.2) is 41.3 Å². The zero-order valence-electron chi connectivity index (χ0n) is 23.5. The van der Waals surface area contributed by atoms with Gasteiger partial charge in [-0.1, -0.05) is 12.6 Å². The van der Waals surface area contributed by atoms with Crippen molar-refractivity contribution >= 4 is 34.9 Å². The molecular formula is C26H27N7O5. The van der Waals surface area contributed by atoms with E-state index in [2.05, 4.69) is 32.4 Å². The van der Waals surface area contributed by atoms with E-state index in [-0.39, 0.29) is 47.4 Å². The van der Waals surface area contributed by atoms with Crippen molar-refractivity contribution in [3.63, 3.8) is 0 Å². The van der Waals surface area contributed by atoms with Crippen LogP contribution in [0, 0.1) is 5.92 Å². The molecule has 3 amide bonds. The number of ether oxygens (including phenoxy) is 1. The number of methoxy groups -OCH3 is 1. The number of aromatic nitrogens is 3. The normalized spacial score (nSPS) is 15.8. The van der Waals surface area contributed by atoms with Crippen LogP contribution in [-0.4, -0.2) is 58.4 Å². The minimum atomic E-state index is -2.76. The second-order valence-electron chi connectivity index (χ2n) is 8.82. The molecule has 12 nitrogen and oxygen atoms in total. The molecule has 196 valence electrons. The molecule has 3 heterocycles. The summed E-state index contributed by atoms with van der Waals surface area (Å²) in [7, 11) is 1.45. The Hall–Kier alpha value is -4.74. The number of carbonyl (C=O) groups is 3. The molecule has 3 aromatic rings. The highest BCUT2D eigenvalue weighted by Gasteiger charge is 2.30. The molecule has 1 aliphatic carbocycles. The summed E-state index contributed by atoms with van der Waals surface area (Å²) in [6.45, 7) is 1.51. The van der Waals surface area contributed by atoms with Crippen molar-refractivity contribution in [1.29, 1.82) is 0 Å². The fourth-order valence-corrected chi connectivity index (χ4v) is 4.15. The Morgan fingerprint density at radius 2 is 2.11 bits per heavy atom. The van der Waals surface area contributed by atoms with Crippen LogP contribution in [0.3, 0.4) is 0 Å². The zero-order chi connectivity index (χ0) is 29.3. The van der Waals surface area contributed by atoms with E-state index >= 15 is 0 Å². The van der Waals surface area contributed by atoms with Crippen LogP contribution in [-0.2, 0) is 22.6 Å². The summed E-state index contributed by atoms with van der Waals surface area (Å²) in [5.41, 5.74) is 1.36. The van der Waals surface area contributed by atoms with Gasteiger partial charge in [-0.25, -0.2) is 4.98 Å². The van der Waals surface area contributed by atoms with Crippen molar-refractivity contribution in [2.45, 2.75) is 25.8 Å². The molecule has 0 saturated heterocycles. The van der Waals surface area contributed by atoms with Crippen LogP contribution < -0.4 is 20.7 Å². The van der Waals surface area contributed by atoms with Gasteiger partial charge in [0.25, 0.3) is 5.91 Å². The number of benzene rings is 1. The highest BCUT2D eigenvalue weighted by molar-refractivity contribution is 6.00. The second kappa shape index (κ2) is 10.3. The first-order valence-corrected chi connectivity index (χ1v) is 11.9. The molecule has 0 atom stereocenters. The number of rotatable bonds is 8. The van der Waals surface area contributed by atoms with Gasteiger partial charge in [0.2, 0.25) is 17.7 Å². The number of anilines is 3. The van der Waals surface area contributed by atoms with Gasteiger partial charge in [0.15, 0.2) is 17.3 Å². The maximum atomic E-state index is 12.8. The molecule has 0 bridgehead atoms. The Bertz CT molecular complexity index is 1530. The highest BCUT2D eigenvalue weighted by Crippen LogP contribution is 2.39. The third-order valence-electron chi connectivity index (χ3n) is 6.26. The molecule has 1 aliphatic heterocycles. The number of amides is 3. The Morgan fingerprint density at radius 3 is 2.84 bits per heavy atom. The largest absolute Gasteiger partial charge is 0.494 e. The SMILES string of the molecule is [2H]C([2H])([2H])NC(=O)c1nnc(NC(=O)C2CC2)cc1Nc1cccc(-c2nc3c(o2)CN(C(=O)C=C)CC3)c1OC. The Kier molecular flexibility index (Phi) is 5.80. The molecule has 1 saturated carbocycles. The molecule has 5 rings (SSSR count). The lowest BCUT2D eigenvalue weighted by molar-refractivity contribution is -0.127. The van der Waals surface area contributed by atoms with Gasteiger partial charge in [-0.15, -0.1) is 10.2 Å². The number of hydrogen-bond acceptors (Lipinski definition) is 9. The molecule has 2 aliphatic rings. The summed E-state index contributed by atoms with van der Waals surface area (Å²) >= 11 is 0. The molecule has 0 radical (unpaired) electrons. The van der Waals surface area contributed by atoms with E-state index in [4.69, 9.17) is 13.3 Å². The molecular weight excluding hydrogens is 490 g/mol. The van der Waals surface area contributed by atoms with Crippen LogP contribution >= 0.6 is 0 Å². The fraction of sp³-hybridized carbons (Fsp3) is 0.308. The van der Waals surface area contributed by atoms with Gasteiger partial charge in [-0.2, -0.15) is 0 Å². The lowest BCUT2D eigenvalue weighted by atomic mass is 10.1. The van der Waals surface area contributed by atoms with Crippen molar-refractivity contribution in [3.05, 3.63) is 54.1 Å². The summed E-state index contributed by atoms with van der Waals surface area (Å²) in [5, 5.41) is 15.4. The van der Waals surface area contributed by atoms with Crippen LogP contribution in [0.25, 0.3) is 11.5 Å². The average molecular weight is 521 g/mol. The lowest BCUT2D eigenvalue weighted by Crippen LogP contribution is -2.34. The van der Waals surface area contributed by atoms with E-state index in [0.717, 1.165) is 18.5 Å². The molecule has 0 unspecified atom stereocenters. The number of carbonyl (C=O) groups excluding carboxylic acids is 3. The molecule has 1 aromatic carbocycles. The lowest BCUT2D eigenvalue weighted by Gasteiger charge is -2.23. The third kappa shape index (κ3) is 4.92. The first-order chi connectivity index (χ1) is 19.6. The molecule has 2 aromatic heterocycles. The summed E-state index contributed by atoms with van der Waals surface area (Å²) < 4.78 is 33.9. The summed E-state index contributed by atoms with van der Waals surface area (Å²) in [4.78, 5) is 43.4. The monoisotopic (exact) mass is 520 g/mol. The molecule has 1 fully saturated rings. The molecule has 12 heteroatoms. The topological polar surface area (TPSA) is 152 Å². The zero-order valence-corrected chi connectivity index (χ0v) is 20.5. The smallest absolute Gasteiger partial charge is 0.273 e. The van der Waals surface area contributed by atoms with Gasteiger partial charge in [0.05, 0.1) is 36.3 Å². The first kappa shape index (κ1) is 21.4. The molecule has 0 spiro atoms. The average Bonchev–Trinajstić information content (AvgIpc) is 3.70. The molecule has 3 N–H and O–H groups in total. The second-order valence-corrected chi connectivity index (χ2v) is 8.82. The van der Waals surface area contributed by atoms with Crippen molar-refractivity contribution in [3.8, 4) is 17.2 Å². The van der Waals surface area contributed by atoms with E-state index in [1.54, 1.807) is 23.1 Å². The summed E-state index contributed by atoms with van der Waals surface area (Å²) in [5.74, 6) is -0.281. The van der Waals surface area contributed by atoms with Crippen LogP contribution in [0.2, 0.25) is 0 Å². The van der Waals surface area contributed by atoms with E-state index in [1.807, 2.05) is 5.32 Å². The standard InChI is InChI=1S/C26H27N7O5/c1-4-21(34)33-11-10-16-19(13-33)38-26(29-16)15-6-5-7-17(23(15)37-3)28-18-12-20(30-24(35)14-8-9-14)31-32-22(18)25(36)27-2/h4-7,12,14H,1,8-11,13H2,2-3H3,(H,27,36)(H2,28,30,31,35)/i2D3. The predicted molar refractivity (Wildman–Crippen MR) is 138 cm³/mol. The predicted octanol–water partition coefficient (Wildman–Crippen LogP) is 2.66. The van der Waals surface area contributed by atoms with Crippen molar-refractivity contribution in [2.75, 3.05) is 31.3 Å². The van der Waals surface area contributed by atoms with Crippen molar-refractivity contribution in [2.24, 2.45) is 5.92 Å². The summed E-state index contributed by atoms with van der Waals surface area (Å²) in [6.07, 6.45) is 3.32. The van der Waals surface area contributed by atoms with E-state index in [9.17, 15) is 14.4 Å². The van der Waals surface area contributed by atoms with Gasteiger partial charge < -0.3 is 30.0 Å². The van der Waals surface area contributed by atoms with Gasteiger partial charge in [-0.3, -0.25) is 14.4 Å². The molecule has 38 heavy (non-hydrogen) atoms. The van der Waals surface area contributed by atoms with Gasteiger partial charge in [-0.05, 0) is 31.1 Å². The fourth-order valence-electron chi connectivity index (χ4n) is 4.15. The minimum absolute atomic E-state index is 0.0774. The quantitative estimate of drug-likeness (QED) is 0.381. The Labute approximate surface area is 222 Å². The number of nitrogens with zero attached hydrogens (tertiary/aromatic N) is 4. The van der Waals surface area contributed by atoms with Gasteiger partial charge in [0.1, 0.15) is 5.76 Å². The number of oxazole rings is 1. The number of nitrogens with one attached hydrogen (secondary N) is 3. The number of fused-ring (bicyclic) bond motifs is 1. The Balaban J connectivity index is 1.48. The van der Waals surface area contributed by atoms with Crippen LogP contribution in [0.4, 0.5) is 17.2 Å². The first-order valence-electron chi connectivity index (χ1n) is 13.4. The Morgan fingerprint density at radius 1 is 1.26 bits per heavy atom. The van der Waals surface area contributed by atoms with Crippen LogP contribution in [0.1, 0.15) is 38.9 Å². The third-order valence-corrected chi connectivity index (χ3v) is 6.26. The van der Waals surface area contributed by atoms with Crippen molar-refractivity contribution in [1.82, 2.24) is 25.4 Å². The number of para-hydroxylation sites is 1. The van der Waals surface area contributed by atoms with E-state index < -0.39 is 12.9 Å². The number of hydrogen-bond donors (Lipinski definition) is 3. The maximum absolute atomic E-state index is 12.8. The van der Waals surface area contributed by atoms with Gasteiger partial charge >= 0.3 is 0 Å².